The van der Waals surface area contributed by atoms with Crippen LogP contribution in [0.1, 0.15) is 29.8 Å². The molecule has 1 heterocycles. The van der Waals surface area contributed by atoms with Gasteiger partial charge >= 0.3 is 0 Å². The Bertz CT molecular complexity index is 695. The van der Waals surface area contributed by atoms with Gasteiger partial charge in [-0.25, -0.2) is 8.42 Å². The van der Waals surface area contributed by atoms with E-state index in [1.807, 2.05) is 43.3 Å². The van der Waals surface area contributed by atoms with Crippen molar-refractivity contribution in [3.8, 4) is 0 Å². The van der Waals surface area contributed by atoms with Gasteiger partial charge in [-0.3, -0.25) is 0 Å². The largest absolute Gasteiger partial charge is 0.396 e. The summed E-state index contributed by atoms with van der Waals surface area (Å²) in [7, 11) is -1.98. The molecule has 2 rings (SSSR count). The van der Waals surface area contributed by atoms with Gasteiger partial charge in [0.05, 0.1) is 6.04 Å². The molecule has 2 aromatic rings. The maximum atomic E-state index is 12.8. The monoisotopic (exact) mass is 339 g/mol. The quantitative estimate of drug-likeness (QED) is 0.843. The van der Waals surface area contributed by atoms with Gasteiger partial charge in [-0.15, -0.1) is 11.3 Å². The molecule has 1 aromatic carbocycles. The maximum Gasteiger partial charge on any atom is 0.252 e. The number of thiophene rings is 1. The zero-order valence-corrected chi connectivity index (χ0v) is 14.4. The number of sulfonamides is 1. The number of benzene rings is 1. The summed E-state index contributed by atoms with van der Waals surface area (Å²) in [6.45, 7) is 1.94. The average Bonchev–Trinajstić information content (AvgIpc) is 3.02. The van der Waals surface area contributed by atoms with Gasteiger partial charge in [-0.05, 0) is 30.5 Å². The molecule has 0 aliphatic heterocycles. The Balaban J connectivity index is 2.35. The molecular formula is C16H21NO3S2. The van der Waals surface area contributed by atoms with Gasteiger partial charge in [0.15, 0.2) is 0 Å². The number of aliphatic hydroxyl groups is 1. The highest BCUT2D eigenvalue weighted by atomic mass is 32.2. The molecule has 1 aromatic heterocycles. The molecule has 0 aliphatic rings. The fraction of sp³-hybridized carbons (Fsp3) is 0.375. The Labute approximate surface area is 136 Å². The molecule has 4 nitrogen and oxygen atoms in total. The van der Waals surface area contributed by atoms with Crippen LogP contribution in [-0.2, 0) is 16.4 Å². The van der Waals surface area contributed by atoms with E-state index in [-0.39, 0.29) is 12.6 Å². The highest BCUT2D eigenvalue weighted by Crippen LogP contribution is 2.31. The Morgan fingerprint density at radius 3 is 2.41 bits per heavy atom. The fourth-order valence-electron chi connectivity index (χ4n) is 2.35. The van der Waals surface area contributed by atoms with Crippen molar-refractivity contribution in [1.82, 2.24) is 4.31 Å². The minimum Gasteiger partial charge on any atom is -0.396 e. The van der Waals surface area contributed by atoms with Crippen LogP contribution in [-0.4, -0.2) is 31.5 Å². The smallest absolute Gasteiger partial charge is 0.252 e. The Kier molecular flexibility index (Phi) is 5.74. The predicted octanol–water partition coefficient (Wildman–Crippen LogP) is 3.05. The van der Waals surface area contributed by atoms with E-state index in [0.717, 1.165) is 16.9 Å². The van der Waals surface area contributed by atoms with Crippen molar-refractivity contribution < 1.29 is 13.5 Å². The lowest BCUT2D eigenvalue weighted by Gasteiger charge is -2.27. The van der Waals surface area contributed by atoms with E-state index in [9.17, 15) is 13.5 Å². The van der Waals surface area contributed by atoms with Crippen LogP contribution < -0.4 is 0 Å². The molecule has 0 amide bonds. The molecule has 22 heavy (non-hydrogen) atoms. The third kappa shape index (κ3) is 3.57. The van der Waals surface area contributed by atoms with Gasteiger partial charge in [-0.2, -0.15) is 4.31 Å². The van der Waals surface area contributed by atoms with E-state index in [1.54, 1.807) is 13.1 Å². The summed E-state index contributed by atoms with van der Waals surface area (Å²) in [6.07, 6.45) is 1.19. The Morgan fingerprint density at radius 1 is 1.18 bits per heavy atom. The number of nitrogens with zero attached hydrogens (tertiary/aromatic N) is 1. The van der Waals surface area contributed by atoms with Gasteiger partial charge < -0.3 is 5.11 Å². The first-order chi connectivity index (χ1) is 10.5. The van der Waals surface area contributed by atoms with Gasteiger partial charge in [0, 0.05) is 18.5 Å². The van der Waals surface area contributed by atoms with Crippen molar-refractivity contribution in [2.45, 2.75) is 30.0 Å². The Hall–Kier alpha value is -1.21. The van der Waals surface area contributed by atoms with Gasteiger partial charge in [-0.1, -0.05) is 37.3 Å². The molecule has 0 radical (unpaired) electrons. The van der Waals surface area contributed by atoms with Crippen molar-refractivity contribution in [2.24, 2.45) is 0 Å². The summed E-state index contributed by atoms with van der Waals surface area (Å²) in [5.41, 5.74) is 0.884. The van der Waals surface area contributed by atoms with E-state index in [0.29, 0.717) is 10.6 Å². The third-order valence-corrected chi connectivity index (χ3v) is 7.21. The topological polar surface area (TPSA) is 57.6 Å². The maximum absolute atomic E-state index is 12.8. The Morgan fingerprint density at radius 2 is 1.86 bits per heavy atom. The minimum atomic E-state index is -3.56. The summed E-state index contributed by atoms with van der Waals surface area (Å²) >= 11 is 1.31. The third-order valence-electron chi connectivity index (χ3n) is 3.64. The zero-order chi connectivity index (χ0) is 16.2. The summed E-state index contributed by atoms with van der Waals surface area (Å²) in [5, 5.41) is 9.31. The van der Waals surface area contributed by atoms with Crippen LogP contribution in [0.5, 0.6) is 0 Å². The molecule has 0 fully saturated rings. The van der Waals surface area contributed by atoms with Crippen LogP contribution in [0, 0.1) is 0 Å². The fourth-order valence-corrected chi connectivity index (χ4v) is 5.21. The molecule has 0 saturated carbocycles. The van der Waals surface area contributed by atoms with Crippen LogP contribution in [0.2, 0.25) is 0 Å². The summed E-state index contributed by atoms with van der Waals surface area (Å²) in [6, 6.07) is 12.6. The number of rotatable bonds is 7. The molecule has 1 N–H and O–H groups in total. The van der Waals surface area contributed by atoms with Gasteiger partial charge in [0.1, 0.15) is 4.21 Å². The minimum absolute atomic E-state index is 0.0654. The van der Waals surface area contributed by atoms with Gasteiger partial charge in [0.2, 0.25) is 0 Å². The highest BCUT2D eigenvalue weighted by Gasteiger charge is 2.29. The number of aryl methyl sites for hydroxylation is 1. The second-order valence-corrected chi connectivity index (χ2v) is 8.43. The van der Waals surface area contributed by atoms with Crippen LogP contribution in [0.4, 0.5) is 0 Å². The zero-order valence-electron chi connectivity index (χ0n) is 12.8. The average molecular weight is 339 g/mol. The van der Waals surface area contributed by atoms with Crippen molar-refractivity contribution in [2.75, 3.05) is 13.7 Å². The predicted molar refractivity (Wildman–Crippen MR) is 89.5 cm³/mol. The van der Waals surface area contributed by atoms with Crippen LogP contribution >= 0.6 is 11.3 Å². The molecule has 0 saturated heterocycles. The van der Waals surface area contributed by atoms with E-state index in [2.05, 4.69) is 0 Å². The molecule has 0 aliphatic carbocycles. The summed E-state index contributed by atoms with van der Waals surface area (Å²) in [5.74, 6) is 0. The van der Waals surface area contributed by atoms with Crippen LogP contribution in [0.3, 0.4) is 0 Å². The highest BCUT2D eigenvalue weighted by molar-refractivity contribution is 7.91. The van der Waals surface area contributed by atoms with Crippen molar-refractivity contribution in [3.63, 3.8) is 0 Å². The summed E-state index contributed by atoms with van der Waals surface area (Å²) < 4.78 is 27.3. The van der Waals surface area contributed by atoms with Crippen molar-refractivity contribution in [3.05, 3.63) is 52.9 Å². The lowest BCUT2D eigenvalue weighted by atomic mass is 10.0. The molecule has 6 heteroatoms. The summed E-state index contributed by atoms with van der Waals surface area (Å²) in [4.78, 5) is 1.05. The van der Waals surface area contributed by atoms with Crippen LogP contribution in [0.25, 0.3) is 0 Å². The lowest BCUT2D eigenvalue weighted by molar-refractivity contribution is 0.240. The van der Waals surface area contributed by atoms with E-state index < -0.39 is 10.0 Å². The number of hydrogen-bond acceptors (Lipinski definition) is 4. The molecule has 1 unspecified atom stereocenters. The second-order valence-electron chi connectivity index (χ2n) is 5.03. The lowest BCUT2D eigenvalue weighted by Crippen LogP contribution is -2.31. The molecule has 1 atom stereocenters. The standard InChI is InChI=1S/C16H21NO3S2/c1-3-14-9-10-16(21-14)22(19,20)17(2)15(11-12-18)13-7-5-4-6-8-13/h4-10,15,18H,3,11-12H2,1-2H3. The number of hydrogen-bond donors (Lipinski definition) is 1. The van der Waals surface area contributed by atoms with Crippen molar-refractivity contribution in [1.29, 1.82) is 0 Å². The van der Waals surface area contributed by atoms with E-state index >= 15 is 0 Å². The SMILES string of the molecule is CCc1ccc(S(=O)(=O)N(C)C(CCO)c2ccccc2)s1. The molecule has 120 valence electrons. The van der Waals surface area contributed by atoms with Crippen molar-refractivity contribution >= 4 is 21.4 Å². The first-order valence-corrected chi connectivity index (χ1v) is 9.49. The molecule has 0 bridgehead atoms. The normalized spacial score (nSPS) is 13.5. The second kappa shape index (κ2) is 7.37. The molecule has 0 spiro atoms. The van der Waals surface area contributed by atoms with E-state index in [4.69, 9.17) is 0 Å². The molecular weight excluding hydrogens is 318 g/mol. The van der Waals surface area contributed by atoms with Crippen LogP contribution in [0.15, 0.2) is 46.7 Å². The van der Waals surface area contributed by atoms with E-state index in [1.165, 1.54) is 15.6 Å². The number of aliphatic hydroxyl groups excluding tert-OH is 1. The first-order valence-electron chi connectivity index (χ1n) is 7.23. The van der Waals surface area contributed by atoms with Gasteiger partial charge in [0.25, 0.3) is 10.0 Å². The first kappa shape index (κ1) is 17.1.